The zero-order chi connectivity index (χ0) is 25.7. The van der Waals surface area contributed by atoms with Gasteiger partial charge in [-0.2, -0.15) is 0 Å². The summed E-state index contributed by atoms with van der Waals surface area (Å²) in [6.07, 6.45) is 5.33. The van der Waals surface area contributed by atoms with Crippen LogP contribution in [0.1, 0.15) is 57.6 Å². The van der Waals surface area contributed by atoms with E-state index in [0.717, 1.165) is 49.8 Å². The van der Waals surface area contributed by atoms with Gasteiger partial charge in [0.2, 0.25) is 0 Å². The number of hydrogen-bond acceptors (Lipinski definition) is 5. The van der Waals surface area contributed by atoms with Crippen molar-refractivity contribution in [3.8, 4) is 0 Å². The number of carbonyl (C=O) groups is 1. The molecule has 0 unspecified atom stereocenters. The highest BCUT2D eigenvalue weighted by molar-refractivity contribution is 7.90. The topological polar surface area (TPSA) is 84.5 Å². The quantitative estimate of drug-likeness (QED) is 0.494. The van der Waals surface area contributed by atoms with Crippen molar-refractivity contribution in [2.24, 2.45) is 0 Å². The molecule has 0 bridgehead atoms. The van der Waals surface area contributed by atoms with Crippen LogP contribution in [0.4, 0.5) is 4.79 Å². The molecule has 192 valence electrons. The molecule has 0 atom stereocenters. The molecule has 2 aromatic carbocycles. The van der Waals surface area contributed by atoms with Crippen LogP contribution in [0.25, 0.3) is 0 Å². The van der Waals surface area contributed by atoms with Gasteiger partial charge in [-0.15, -0.1) is 0 Å². The first kappa shape index (κ1) is 27.5. The van der Waals surface area contributed by atoms with Gasteiger partial charge in [0.15, 0.2) is 9.84 Å². The fraction of sp³-hybridized carbons (Fsp3) is 0.519. The van der Waals surface area contributed by atoms with Crippen LogP contribution >= 0.6 is 11.6 Å². The summed E-state index contributed by atoms with van der Waals surface area (Å²) >= 11 is 6.31. The number of nitrogens with one attached hydrogen (secondary N) is 2. The normalized spacial score (nSPS) is 20.9. The summed E-state index contributed by atoms with van der Waals surface area (Å²) in [5, 5.41) is 7.32. The average molecular weight is 521 g/mol. The van der Waals surface area contributed by atoms with Crippen LogP contribution in [0.3, 0.4) is 0 Å². The summed E-state index contributed by atoms with van der Waals surface area (Å²) in [5.74, 6) is 0. The monoisotopic (exact) mass is 520 g/mol. The summed E-state index contributed by atoms with van der Waals surface area (Å²) in [6.45, 7) is 6.83. The summed E-state index contributed by atoms with van der Waals surface area (Å²) in [7, 11) is -3.20. The van der Waals surface area contributed by atoms with Crippen molar-refractivity contribution in [3.63, 3.8) is 0 Å². The number of benzene rings is 2. The van der Waals surface area contributed by atoms with Gasteiger partial charge in [0.25, 0.3) is 0 Å². The molecule has 6 nitrogen and oxygen atoms in total. The molecule has 2 N–H and O–H groups in total. The molecular weight excluding hydrogens is 484 g/mol. The van der Waals surface area contributed by atoms with Crippen LogP contribution in [-0.2, 0) is 26.4 Å². The fourth-order valence-corrected chi connectivity index (χ4v) is 5.55. The third kappa shape index (κ3) is 8.23. The highest BCUT2D eigenvalue weighted by Crippen LogP contribution is 2.40. The Morgan fingerprint density at radius 2 is 1.80 bits per heavy atom. The van der Waals surface area contributed by atoms with Crippen LogP contribution in [0.2, 0.25) is 5.02 Å². The Bertz CT molecular complexity index is 1120. The number of carbonyl (C=O) groups excluding carboxylic acids is 1. The zero-order valence-corrected chi connectivity index (χ0v) is 22.6. The van der Waals surface area contributed by atoms with E-state index in [-0.39, 0.29) is 5.41 Å². The van der Waals surface area contributed by atoms with E-state index in [2.05, 4.69) is 16.7 Å². The third-order valence-corrected chi connectivity index (χ3v) is 7.87. The third-order valence-electron chi connectivity index (χ3n) is 6.52. The Labute approximate surface area is 214 Å². The highest BCUT2D eigenvalue weighted by Gasteiger charge is 2.37. The minimum Gasteiger partial charge on any atom is -0.444 e. The smallest absolute Gasteiger partial charge is 0.407 e. The highest BCUT2D eigenvalue weighted by atomic mass is 35.5. The van der Waals surface area contributed by atoms with Crippen molar-refractivity contribution < 1.29 is 17.9 Å². The second-order valence-electron chi connectivity index (χ2n) is 10.5. The van der Waals surface area contributed by atoms with E-state index in [1.54, 1.807) is 18.2 Å². The molecule has 1 saturated carbocycles. The minimum absolute atomic E-state index is 0.205. The van der Waals surface area contributed by atoms with Crippen molar-refractivity contribution in [1.29, 1.82) is 0 Å². The van der Waals surface area contributed by atoms with E-state index >= 15 is 0 Å². The van der Waals surface area contributed by atoms with Gasteiger partial charge in [-0.3, -0.25) is 0 Å². The average Bonchev–Trinajstić information content (AvgIpc) is 2.77. The molecule has 0 aromatic heterocycles. The van der Waals surface area contributed by atoms with Gasteiger partial charge in [0.1, 0.15) is 5.60 Å². The second-order valence-corrected chi connectivity index (χ2v) is 13.0. The first-order valence-electron chi connectivity index (χ1n) is 12.1. The summed E-state index contributed by atoms with van der Waals surface area (Å²) < 4.78 is 29.1. The van der Waals surface area contributed by atoms with Gasteiger partial charge >= 0.3 is 6.09 Å². The van der Waals surface area contributed by atoms with Crippen molar-refractivity contribution in [3.05, 3.63) is 64.7 Å². The van der Waals surface area contributed by atoms with Crippen molar-refractivity contribution in [1.82, 2.24) is 10.6 Å². The fourth-order valence-electron chi connectivity index (χ4n) is 4.67. The number of amides is 1. The molecule has 0 aliphatic heterocycles. The molecule has 0 saturated heterocycles. The summed E-state index contributed by atoms with van der Waals surface area (Å²) in [4.78, 5) is 12.7. The van der Waals surface area contributed by atoms with E-state index < -0.39 is 21.5 Å². The number of alkyl carbamates (subject to hydrolysis) is 1. The van der Waals surface area contributed by atoms with Crippen LogP contribution in [0, 0.1) is 0 Å². The number of halogens is 1. The van der Waals surface area contributed by atoms with E-state index in [1.165, 1.54) is 6.26 Å². The van der Waals surface area contributed by atoms with Gasteiger partial charge in [0, 0.05) is 29.3 Å². The summed E-state index contributed by atoms with van der Waals surface area (Å²) in [6, 6.07) is 15.4. The van der Waals surface area contributed by atoms with Crippen molar-refractivity contribution in [2.75, 3.05) is 19.3 Å². The largest absolute Gasteiger partial charge is 0.444 e. The van der Waals surface area contributed by atoms with Crippen LogP contribution < -0.4 is 10.6 Å². The Hall–Kier alpha value is -2.09. The van der Waals surface area contributed by atoms with Crippen LogP contribution in [0.15, 0.2) is 53.4 Å². The maximum atomic E-state index is 12.4. The first-order chi connectivity index (χ1) is 16.4. The standard InChI is InChI=1S/C27H37ClN2O4S/c1-26(2,3)34-25(31)30-19-27(21-8-6-9-22(28)18-21)14-11-23(12-15-27)29-16-13-20-7-5-10-24(17-20)35(4,32)33/h5-10,17-18,23,29H,11-16,19H2,1-4H3,(H,30,31)/t23-,27+. The first-order valence-corrected chi connectivity index (χ1v) is 14.4. The van der Waals surface area contributed by atoms with Crippen LogP contribution in [-0.4, -0.2) is 45.5 Å². The predicted molar refractivity (Wildman–Crippen MR) is 141 cm³/mol. The minimum atomic E-state index is -3.20. The van der Waals surface area contributed by atoms with Crippen molar-refractivity contribution in [2.45, 2.75) is 74.8 Å². The van der Waals surface area contributed by atoms with Gasteiger partial charge in [-0.25, -0.2) is 13.2 Å². The van der Waals surface area contributed by atoms with E-state index in [4.69, 9.17) is 16.3 Å². The predicted octanol–water partition coefficient (Wildman–Crippen LogP) is 5.28. The molecule has 3 rings (SSSR count). The lowest BCUT2D eigenvalue weighted by atomic mass is 9.68. The van der Waals surface area contributed by atoms with Gasteiger partial charge in [-0.05, 0) is 94.8 Å². The molecule has 8 heteroatoms. The van der Waals surface area contributed by atoms with E-state index in [0.29, 0.717) is 22.5 Å². The number of sulfone groups is 1. The Kier molecular flexibility index (Phi) is 8.89. The molecule has 2 aromatic rings. The molecule has 35 heavy (non-hydrogen) atoms. The Morgan fingerprint density at radius 1 is 1.11 bits per heavy atom. The second kappa shape index (κ2) is 11.3. The lowest BCUT2D eigenvalue weighted by Crippen LogP contribution is -2.47. The molecule has 0 spiro atoms. The van der Waals surface area contributed by atoms with Crippen molar-refractivity contribution >= 4 is 27.5 Å². The van der Waals surface area contributed by atoms with Gasteiger partial charge < -0.3 is 15.4 Å². The molecule has 0 heterocycles. The number of hydrogen-bond donors (Lipinski definition) is 2. The Balaban J connectivity index is 1.60. The number of ether oxygens (including phenoxy) is 1. The molecular formula is C27H37ClN2O4S. The number of rotatable bonds is 8. The maximum absolute atomic E-state index is 12.4. The lowest BCUT2D eigenvalue weighted by Gasteiger charge is -2.41. The van der Waals surface area contributed by atoms with E-state index in [9.17, 15) is 13.2 Å². The lowest BCUT2D eigenvalue weighted by molar-refractivity contribution is 0.0506. The van der Waals surface area contributed by atoms with E-state index in [1.807, 2.05) is 45.0 Å². The van der Waals surface area contributed by atoms with Crippen LogP contribution in [0.5, 0.6) is 0 Å². The molecule has 1 fully saturated rings. The molecule has 1 aliphatic carbocycles. The maximum Gasteiger partial charge on any atom is 0.407 e. The zero-order valence-electron chi connectivity index (χ0n) is 21.1. The van der Waals surface area contributed by atoms with Gasteiger partial charge in [-0.1, -0.05) is 35.9 Å². The molecule has 1 aliphatic rings. The Morgan fingerprint density at radius 3 is 2.43 bits per heavy atom. The van der Waals surface area contributed by atoms with Gasteiger partial charge in [0.05, 0.1) is 4.90 Å². The SMILES string of the molecule is CC(C)(C)OC(=O)NC[C@]1(c2cccc(Cl)c2)CC[C@@H](NCCc2cccc(S(C)(=O)=O)c2)CC1. The molecule has 1 amide bonds. The summed E-state index contributed by atoms with van der Waals surface area (Å²) in [5.41, 5.74) is 1.39. The molecule has 0 radical (unpaired) electrons.